The van der Waals surface area contributed by atoms with Gasteiger partial charge in [-0.15, -0.1) is 0 Å². The molecule has 0 bridgehead atoms. The normalized spacial score (nSPS) is 12.9. The molecule has 0 atom stereocenters. The molecular formula is C14H10N4O6. The van der Waals surface area contributed by atoms with Gasteiger partial charge >= 0.3 is 5.69 Å². The van der Waals surface area contributed by atoms with E-state index in [4.69, 9.17) is 5.73 Å². The number of hydrogen-bond donors (Lipinski definition) is 3. The Morgan fingerprint density at radius 3 is 2.50 bits per heavy atom. The Balaban J connectivity index is 2.40. The second-order valence-electron chi connectivity index (χ2n) is 5.18. The van der Waals surface area contributed by atoms with Crippen molar-refractivity contribution >= 4 is 23.3 Å². The van der Waals surface area contributed by atoms with Crippen LogP contribution in [-0.4, -0.2) is 26.4 Å². The average Bonchev–Trinajstić information content (AvgIpc) is 2.76. The number of phenols is 1. The van der Waals surface area contributed by atoms with Crippen LogP contribution < -0.4 is 16.6 Å². The first-order chi connectivity index (χ1) is 11.2. The number of aromatic hydroxyl groups is 1. The molecule has 1 aromatic carbocycles. The van der Waals surface area contributed by atoms with Crippen molar-refractivity contribution in [1.29, 1.82) is 0 Å². The monoisotopic (exact) mass is 330 g/mol. The summed E-state index contributed by atoms with van der Waals surface area (Å²) in [6, 6.07) is 3.32. The minimum Gasteiger partial charge on any atom is -0.501 e. The van der Waals surface area contributed by atoms with Crippen LogP contribution in [0.4, 0.5) is 11.5 Å². The van der Waals surface area contributed by atoms with Gasteiger partial charge in [0.1, 0.15) is 5.82 Å². The first kappa shape index (κ1) is 15.2. The summed E-state index contributed by atoms with van der Waals surface area (Å²) >= 11 is 0. The number of benzene rings is 1. The van der Waals surface area contributed by atoms with Crippen LogP contribution in [0.25, 0.3) is 5.69 Å². The number of nitrogen functional groups attached to an aromatic ring is 1. The third kappa shape index (κ3) is 2.00. The Kier molecular flexibility index (Phi) is 3.11. The van der Waals surface area contributed by atoms with Crippen LogP contribution in [0, 0.1) is 17.0 Å². The highest BCUT2D eigenvalue weighted by Gasteiger charge is 2.33. The first-order valence-electron chi connectivity index (χ1n) is 6.62. The number of nitrogens with two attached hydrogens (primary N) is 1. The molecule has 122 valence electrons. The highest BCUT2D eigenvalue weighted by molar-refractivity contribution is 6.23. The minimum atomic E-state index is -0.814. The maximum Gasteiger partial charge on any atom is 0.313 e. The van der Waals surface area contributed by atoms with E-state index in [-0.39, 0.29) is 16.8 Å². The molecule has 10 nitrogen and oxygen atoms in total. The number of fused-ring (bicyclic) bond motifs is 1. The third-order valence-electron chi connectivity index (χ3n) is 3.60. The van der Waals surface area contributed by atoms with Gasteiger partial charge in [0, 0.05) is 12.1 Å². The smallest absolute Gasteiger partial charge is 0.313 e. The zero-order valence-corrected chi connectivity index (χ0v) is 12.2. The van der Waals surface area contributed by atoms with E-state index in [0.717, 1.165) is 16.7 Å². The Labute approximate surface area is 133 Å². The van der Waals surface area contributed by atoms with Gasteiger partial charge in [0.2, 0.25) is 5.75 Å². The van der Waals surface area contributed by atoms with Gasteiger partial charge in [-0.1, -0.05) is 0 Å². The van der Waals surface area contributed by atoms with Gasteiger partial charge in [-0.3, -0.25) is 34.4 Å². The lowest BCUT2D eigenvalue weighted by molar-refractivity contribution is -0.385. The number of carbonyl (C=O) groups excluding carboxylic acids is 2. The van der Waals surface area contributed by atoms with Gasteiger partial charge in [0.15, 0.2) is 0 Å². The van der Waals surface area contributed by atoms with Crippen molar-refractivity contribution in [2.24, 2.45) is 0 Å². The first-order valence-corrected chi connectivity index (χ1v) is 6.62. The number of rotatable bonds is 2. The Hall–Kier alpha value is -3.69. The molecule has 0 saturated carbocycles. The molecule has 4 N–H and O–H groups in total. The largest absolute Gasteiger partial charge is 0.501 e. The minimum absolute atomic E-state index is 0.180. The highest BCUT2D eigenvalue weighted by atomic mass is 16.6. The molecule has 0 saturated heterocycles. The zero-order valence-electron chi connectivity index (χ0n) is 12.2. The summed E-state index contributed by atoms with van der Waals surface area (Å²) in [5.74, 6) is -2.71. The van der Waals surface area contributed by atoms with Gasteiger partial charge < -0.3 is 10.8 Å². The number of hydrogen-bond acceptors (Lipinski definition) is 7. The van der Waals surface area contributed by atoms with Gasteiger partial charge in [-0.25, -0.2) is 0 Å². The van der Waals surface area contributed by atoms with Crippen molar-refractivity contribution in [1.82, 2.24) is 9.88 Å². The molecule has 0 fully saturated rings. The number of phenolic OH excluding ortho intramolecular Hbond substituents is 1. The van der Waals surface area contributed by atoms with Gasteiger partial charge in [0.25, 0.3) is 17.4 Å². The molecule has 0 radical (unpaired) electrons. The average molecular weight is 330 g/mol. The number of imide groups is 1. The summed E-state index contributed by atoms with van der Waals surface area (Å²) < 4.78 is 0.756. The number of aromatic nitrogens is 1. The van der Waals surface area contributed by atoms with Crippen LogP contribution in [0.2, 0.25) is 0 Å². The molecule has 3 rings (SSSR count). The van der Waals surface area contributed by atoms with Gasteiger partial charge in [0.05, 0.1) is 21.7 Å². The van der Waals surface area contributed by atoms with Crippen molar-refractivity contribution in [2.45, 2.75) is 6.92 Å². The predicted octanol–water partition coefficient (Wildman–Crippen LogP) is 0.226. The number of nitrogens with zero attached hydrogens (tertiary/aromatic N) is 2. The maximum absolute atomic E-state index is 12.3. The van der Waals surface area contributed by atoms with E-state index >= 15 is 0 Å². The number of aryl methyl sites for hydroxylation is 1. The molecule has 2 amide bonds. The number of pyridine rings is 1. The van der Waals surface area contributed by atoms with Gasteiger partial charge in [-0.05, 0) is 18.6 Å². The van der Waals surface area contributed by atoms with Crippen LogP contribution in [0.15, 0.2) is 23.0 Å². The second-order valence-corrected chi connectivity index (χ2v) is 5.18. The number of nitrogens with one attached hydrogen (secondary N) is 1. The quantitative estimate of drug-likeness (QED) is 0.404. The standard InChI is InChI=1S/C14H10N4O6/c1-5-2-7(11(20)8(3-5)18(23)24)17-9(19)4-6-10(12(17)15)14(22)16-13(6)21/h2-4,20H,15H2,1H3,(H,16,21,22). The van der Waals surface area contributed by atoms with Crippen molar-refractivity contribution < 1.29 is 19.6 Å². The molecule has 24 heavy (non-hydrogen) atoms. The van der Waals surface area contributed by atoms with Crippen molar-refractivity contribution in [3.63, 3.8) is 0 Å². The highest BCUT2D eigenvalue weighted by Crippen LogP contribution is 2.35. The lowest BCUT2D eigenvalue weighted by atomic mass is 10.1. The van der Waals surface area contributed by atoms with E-state index in [1.54, 1.807) is 0 Å². The Morgan fingerprint density at radius 2 is 1.88 bits per heavy atom. The van der Waals surface area contributed by atoms with E-state index in [0.29, 0.717) is 5.56 Å². The summed E-state index contributed by atoms with van der Waals surface area (Å²) in [5, 5.41) is 23.2. The number of nitro benzene ring substituents is 1. The predicted molar refractivity (Wildman–Crippen MR) is 81.3 cm³/mol. The fourth-order valence-corrected chi connectivity index (χ4v) is 2.58. The molecule has 10 heteroatoms. The molecule has 0 unspecified atom stereocenters. The Morgan fingerprint density at radius 1 is 1.21 bits per heavy atom. The van der Waals surface area contributed by atoms with Crippen LogP contribution in [0.5, 0.6) is 5.75 Å². The fourth-order valence-electron chi connectivity index (χ4n) is 2.58. The second kappa shape index (κ2) is 4.91. The molecule has 2 aromatic rings. The van der Waals surface area contributed by atoms with Crippen molar-refractivity contribution in [3.8, 4) is 11.4 Å². The molecular weight excluding hydrogens is 320 g/mol. The summed E-state index contributed by atoms with van der Waals surface area (Å²) in [7, 11) is 0. The molecule has 2 heterocycles. The number of nitro groups is 1. The lowest BCUT2D eigenvalue weighted by Gasteiger charge is -2.13. The molecule has 1 aromatic heterocycles. The lowest BCUT2D eigenvalue weighted by Crippen LogP contribution is -2.24. The molecule has 1 aliphatic rings. The molecule has 0 spiro atoms. The summed E-state index contributed by atoms with van der Waals surface area (Å²) in [6.45, 7) is 1.53. The molecule has 1 aliphatic heterocycles. The van der Waals surface area contributed by atoms with Crippen LogP contribution in [-0.2, 0) is 0 Å². The zero-order chi connectivity index (χ0) is 17.8. The number of anilines is 1. The van der Waals surface area contributed by atoms with E-state index in [1.165, 1.54) is 13.0 Å². The summed E-state index contributed by atoms with van der Waals surface area (Å²) in [4.78, 5) is 46.0. The van der Waals surface area contributed by atoms with Crippen molar-refractivity contribution in [2.75, 3.05) is 5.73 Å². The van der Waals surface area contributed by atoms with E-state index in [2.05, 4.69) is 0 Å². The van der Waals surface area contributed by atoms with Crippen LogP contribution in [0.1, 0.15) is 26.3 Å². The fraction of sp³-hybridized carbons (Fsp3) is 0.0714. The summed E-state index contributed by atoms with van der Waals surface area (Å²) in [5.41, 5.74) is 4.15. The third-order valence-corrected chi connectivity index (χ3v) is 3.60. The van der Waals surface area contributed by atoms with E-state index in [9.17, 15) is 29.6 Å². The van der Waals surface area contributed by atoms with E-state index in [1.807, 2.05) is 5.32 Å². The molecule has 0 aliphatic carbocycles. The van der Waals surface area contributed by atoms with Crippen LogP contribution in [0.3, 0.4) is 0 Å². The summed E-state index contributed by atoms with van der Waals surface area (Å²) in [6.07, 6.45) is 0. The maximum atomic E-state index is 12.3. The van der Waals surface area contributed by atoms with E-state index < -0.39 is 39.6 Å². The number of carbonyl (C=O) groups is 2. The Bertz CT molecular complexity index is 1010. The van der Waals surface area contributed by atoms with Crippen LogP contribution >= 0.6 is 0 Å². The SMILES string of the molecule is Cc1cc(-n2c(N)c3c(cc2=O)C(=O)NC3=O)c(O)c([N+](=O)[O-])c1. The number of amides is 2. The topological polar surface area (TPSA) is 158 Å². The van der Waals surface area contributed by atoms with Crippen molar-refractivity contribution in [3.05, 3.63) is 55.4 Å². The van der Waals surface area contributed by atoms with Gasteiger partial charge in [-0.2, -0.15) is 0 Å².